The number of hydrogen-bond acceptors (Lipinski definition) is 3. The average Bonchev–Trinajstić information content (AvgIpc) is 2.48. The van der Waals surface area contributed by atoms with Gasteiger partial charge in [-0.1, -0.05) is 13.3 Å². The summed E-state index contributed by atoms with van der Waals surface area (Å²) in [5.74, 6) is -0.737. The van der Waals surface area contributed by atoms with Crippen LogP contribution in [0.5, 0.6) is 0 Å². The van der Waals surface area contributed by atoms with Crippen LogP contribution >= 0.6 is 0 Å². The van der Waals surface area contributed by atoms with Gasteiger partial charge in [-0.25, -0.2) is 12.8 Å². The Hall–Kier alpha value is -1.47. The van der Waals surface area contributed by atoms with Gasteiger partial charge in [0.25, 0.3) is 0 Å². The Morgan fingerprint density at radius 3 is 2.27 bits per heavy atom. The zero-order chi connectivity index (χ0) is 16.8. The van der Waals surface area contributed by atoms with Crippen LogP contribution in [0, 0.1) is 5.82 Å². The van der Waals surface area contributed by atoms with Gasteiger partial charge in [0.15, 0.2) is 0 Å². The van der Waals surface area contributed by atoms with Gasteiger partial charge in [0.05, 0.1) is 11.4 Å². The molecule has 0 unspecified atom stereocenters. The van der Waals surface area contributed by atoms with Crippen LogP contribution in [0.4, 0.5) is 4.39 Å². The number of likely N-dealkylation sites (N-methyl/N-ethyl adjacent to an activating group) is 2. The van der Waals surface area contributed by atoms with E-state index in [-0.39, 0.29) is 17.3 Å². The molecule has 0 saturated carbocycles. The molecule has 0 radical (unpaired) electrons. The van der Waals surface area contributed by atoms with Crippen LogP contribution in [0.1, 0.15) is 26.7 Å². The lowest BCUT2D eigenvalue weighted by atomic mass is 10.3. The van der Waals surface area contributed by atoms with E-state index in [0.29, 0.717) is 13.1 Å². The van der Waals surface area contributed by atoms with E-state index in [4.69, 9.17) is 0 Å². The van der Waals surface area contributed by atoms with Crippen molar-refractivity contribution < 1.29 is 17.6 Å². The van der Waals surface area contributed by atoms with Crippen molar-refractivity contribution in [2.45, 2.75) is 31.6 Å². The van der Waals surface area contributed by atoms with Crippen LogP contribution in [0.2, 0.25) is 0 Å². The summed E-state index contributed by atoms with van der Waals surface area (Å²) in [4.78, 5) is 13.8. The van der Waals surface area contributed by atoms with E-state index in [1.165, 1.54) is 19.2 Å². The molecule has 1 rings (SSSR count). The Morgan fingerprint density at radius 1 is 1.18 bits per heavy atom. The van der Waals surface area contributed by atoms with E-state index in [9.17, 15) is 17.6 Å². The summed E-state index contributed by atoms with van der Waals surface area (Å²) in [5.41, 5.74) is 0. The maximum absolute atomic E-state index is 12.9. The average molecular weight is 330 g/mol. The number of benzene rings is 1. The Kier molecular flexibility index (Phi) is 6.96. The van der Waals surface area contributed by atoms with Crippen molar-refractivity contribution in [2.24, 2.45) is 0 Å². The first-order chi connectivity index (χ1) is 10.3. The van der Waals surface area contributed by atoms with Gasteiger partial charge < -0.3 is 4.90 Å². The van der Waals surface area contributed by atoms with Crippen LogP contribution in [0.15, 0.2) is 29.2 Å². The van der Waals surface area contributed by atoms with E-state index >= 15 is 0 Å². The van der Waals surface area contributed by atoms with Crippen LogP contribution in [0.25, 0.3) is 0 Å². The van der Waals surface area contributed by atoms with E-state index in [0.717, 1.165) is 29.3 Å². The first-order valence-corrected chi connectivity index (χ1v) is 8.76. The molecule has 7 heteroatoms. The second kappa shape index (κ2) is 8.24. The smallest absolute Gasteiger partial charge is 0.243 e. The number of sulfonamides is 1. The molecule has 0 aliphatic rings. The molecule has 0 fully saturated rings. The minimum absolute atomic E-state index is 0.0270. The lowest BCUT2D eigenvalue weighted by molar-refractivity contribution is -0.131. The molecule has 0 bridgehead atoms. The monoisotopic (exact) mass is 330 g/mol. The number of amides is 1. The van der Waals surface area contributed by atoms with Crippen molar-refractivity contribution in [1.29, 1.82) is 0 Å². The lowest BCUT2D eigenvalue weighted by Gasteiger charge is -2.24. The molecule has 1 aromatic carbocycles. The van der Waals surface area contributed by atoms with Crippen LogP contribution in [-0.4, -0.2) is 50.2 Å². The van der Waals surface area contributed by atoms with E-state index in [2.05, 4.69) is 0 Å². The maximum Gasteiger partial charge on any atom is 0.243 e. The van der Waals surface area contributed by atoms with Gasteiger partial charge in [-0.2, -0.15) is 4.31 Å². The maximum atomic E-state index is 12.9. The molecule has 0 N–H and O–H groups in total. The largest absolute Gasteiger partial charge is 0.342 e. The summed E-state index contributed by atoms with van der Waals surface area (Å²) in [6.07, 6.45) is 1.85. The van der Waals surface area contributed by atoms with Crippen LogP contribution in [-0.2, 0) is 14.8 Å². The van der Waals surface area contributed by atoms with Gasteiger partial charge in [-0.15, -0.1) is 0 Å². The number of halogens is 1. The van der Waals surface area contributed by atoms with Gasteiger partial charge in [0, 0.05) is 20.1 Å². The number of hydrogen-bond donors (Lipinski definition) is 0. The highest BCUT2D eigenvalue weighted by molar-refractivity contribution is 7.89. The summed E-state index contributed by atoms with van der Waals surface area (Å²) in [5, 5.41) is 0. The molecule has 0 atom stereocenters. The quantitative estimate of drug-likeness (QED) is 0.733. The third kappa shape index (κ3) is 4.78. The van der Waals surface area contributed by atoms with E-state index < -0.39 is 15.8 Å². The van der Waals surface area contributed by atoms with Gasteiger partial charge in [0.2, 0.25) is 15.9 Å². The number of nitrogens with zero attached hydrogens (tertiary/aromatic N) is 2. The summed E-state index contributed by atoms with van der Waals surface area (Å²) in [6.45, 7) is 4.84. The lowest BCUT2D eigenvalue weighted by Crippen LogP contribution is -2.41. The third-order valence-corrected chi connectivity index (χ3v) is 5.21. The third-order valence-electron chi connectivity index (χ3n) is 3.40. The van der Waals surface area contributed by atoms with Crippen molar-refractivity contribution >= 4 is 15.9 Å². The molecule has 0 heterocycles. The summed E-state index contributed by atoms with van der Waals surface area (Å²) in [7, 11) is -2.44. The fourth-order valence-corrected chi connectivity index (χ4v) is 3.09. The van der Waals surface area contributed by atoms with Crippen molar-refractivity contribution in [3.05, 3.63) is 30.1 Å². The molecule has 5 nitrogen and oxygen atoms in total. The second-order valence-corrected chi connectivity index (χ2v) is 7.09. The summed E-state index contributed by atoms with van der Waals surface area (Å²) < 4.78 is 38.6. The predicted molar refractivity (Wildman–Crippen MR) is 83.4 cm³/mol. The number of carbonyl (C=O) groups excluding carboxylic acids is 1. The van der Waals surface area contributed by atoms with Gasteiger partial charge >= 0.3 is 0 Å². The van der Waals surface area contributed by atoms with Crippen molar-refractivity contribution in [3.8, 4) is 0 Å². The van der Waals surface area contributed by atoms with Crippen molar-refractivity contribution in [2.75, 3.05) is 26.7 Å². The molecule has 0 aromatic heterocycles. The first kappa shape index (κ1) is 18.6. The van der Waals surface area contributed by atoms with Crippen LogP contribution in [0.3, 0.4) is 0 Å². The van der Waals surface area contributed by atoms with E-state index in [1.54, 1.807) is 4.90 Å². The zero-order valence-electron chi connectivity index (χ0n) is 13.3. The van der Waals surface area contributed by atoms with Gasteiger partial charge in [0.1, 0.15) is 5.82 Å². The van der Waals surface area contributed by atoms with Crippen LogP contribution < -0.4 is 0 Å². The molecule has 1 aromatic rings. The minimum Gasteiger partial charge on any atom is -0.342 e. The molecule has 124 valence electrons. The topological polar surface area (TPSA) is 57.7 Å². The zero-order valence-corrected chi connectivity index (χ0v) is 14.1. The normalized spacial score (nSPS) is 11.7. The molecule has 1 amide bonds. The van der Waals surface area contributed by atoms with Crippen molar-refractivity contribution in [3.63, 3.8) is 0 Å². The Balaban J connectivity index is 2.79. The molecular formula is C15H23FN2O3S. The number of rotatable bonds is 8. The summed E-state index contributed by atoms with van der Waals surface area (Å²) >= 11 is 0. The predicted octanol–water partition coefficient (Wildman–Crippen LogP) is 2.09. The molecule has 0 aliphatic carbocycles. The highest BCUT2D eigenvalue weighted by Gasteiger charge is 2.24. The fourth-order valence-electron chi connectivity index (χ4n) is 1.97. The minimum atomic E-state index is -3.79. The SMILES string of the molecule is CCCCN(CC)C(=O)CN(C)S(=O)(=O)c1ccc(F)cc1. The van der Waals surface area contributed by atoms with Gasteiger partial charge in [-0.3, -0.25) is 4.79 Å². The highest BCUT2D eigenvalue weighted by atomic mass is 32.2. The Labute approximate surface area is 131 Å². The Bertz CT molecular complexity index is 587. The highest BCUT2D eigenvalue weighted by Crippen LogP contribution is 2.15. The Morgan fingerprint density at radius 2 is 1.77 bits per heavy atom. The van der Waals surface area contributed by atoms with E-state index in [1.807, 2.05) is 13.8 Å². The van der Waals surface area contributed by atoms with Crippen molar-refractivity contribution in [1.82, 2.24) is 9.21 Å². The number of carbonyl (C=O) groups is 1. The fraction of sp³-hybridized carbons (Fsp3) is 0.533. The molecule has 22 heavy (non-hydrogen) atoms. The molecule has 0 aliphatic heterocycles. The molecule has 0 saturated heterocycles. The summed E-state index contributed by atoms with van der Waals surface area (Å²) in [6, 6.07) is 4.56. The standard InChI is InChI=1S/C15H23FN2O3S/c1-4-6-11-18(5-2)15(19)12-17(3)22(20,21)14-9-7-13(16)8-10-14/h7-10H,4-6,11-12H2,1-3H3. The number of unbranched alkanes of at least 4 members (excludes halogenated alkanes) is 1. The van der Waals surface area contributed by atoms with Gasteiger partial charge in [-0.05, 0) is 37.6 Å². The first-order valence-electron chi connectivity index (χ1n) is 7.32. The second-order valence-electron chi connectivity index (χ2n) is 5.04. The molecule has 0 spiro atoms. The molecular weight excluding hydrogens is 307 g/mol.